The van der Waals surface area contributed by atoms with Gasteiger partial charge in [0.05, 0.1) is 13.2 Å². The van der Waals surface area contributed by atoms with Gasteiger partial charge in [-0.15, -0.1) is 0 Å². The average Bonchev–Trinajstić information content (AvgIpc) is 2.96. The molecule has 3 aliphatic carbocycles. The highest BCUT2D eigenvalue weighted by atomic mass is 32.2. The first-order valence-corrected chi connectivity index (χ1v) is 11.1. The molecule has 2 saturated carbocycles. The number of nitrogens with two attached hydrogens (primary N) is 2. The Morgan fingerprint density at radius 2 is 1.89 bits per heavy atom. The van der Waals surface area contributed by atoms with Crippen LogP contribution in [-0.4, -0.2) is 31.8 Å². The van der Waals surface area contributed by atoms with E-state index in [9.17, 15) is 18.6 Å². The topological polar surface area (TPSA) is 145 Å². The molecule has 1 aromatic rings. The van der Waals surface area contributed by atoms with Gasteiger partial charge in [0.2, 0.25) is 0 Å². The molecule has 0 saturated heterocycles. The smallest absolute Gasteiger partial charge is 0.349 e. The van der Waals surface area contributed by atoms with Crippen molar-refractivity contribution in [3.63, 3.8) is 0 Å². The van der Waals surface area contributed by atoms with E-state index in [-0.39, 0.29) is 17.3 Å². The van der Waals surface area contributed by atoms with E-state index in [1.807, 2.05) is 6.07 Å². The fourth-order valence-corrected chi connectivity index (χ4v) is 5.72. The maximum Gasteiger partial charge on any atom is 0.349 e. The molecule has 1 aromatic carbocycles. The summed E-state index contributed by atoms with van der Waals surface area (Å²) < 4.78 is 27.4. The Morgan fingerprint density at radius 3 is 2.50 bits per heavy atom. The Hall–Kier alpha value is -1.39. The zero-order valence-corrected chi connectivity index (χ0v) is 17.1. The number of hydrogen-bond acceptors (Lipinski definition) is 7. The van der Waals surface area contributed by atoms with E-state index < -0.39 is 10.3 Å². The van der Waals surface area contributed by atoms with Crippen molar-refractivity contribution < 1.29 is 27.7 Å². The maximum atomic E-state index is 10.4. The Kier molecular flexibility index (Phi) is 5.94. The summed E-state index contributed by atoms with van der Waals surface area (Å²) in [5.41, 5.74) is 2.80. The van der Waals surface area contributed by atoms with Crippen molar-refractivity contribution in [2.24, 2.45) is 28.3 Å². The molecule has 158 valence electrons. The number of aromatic hydroxyl groups is 1. The first kappa shape index (κ1) is 21.3. The van der Waals surface area contributed by atoms with E-state index in [1.54, 1.807) is 7.11 Å². The van der Waals surface area contributed by atoms with Gasteiger partial charge in [-0.1, -0.05) is 6.92 Å². The summed E-state index contributed by atoms with van der Waals surface area (Å²) in [4.78, 5) is 0. The third kappa shape index (κ3) is 3.86. The summed E-state index contributed by atoms with van der Waals surface area (Å²) in [6, 6.07) is 3.97. The summed E-state index contributed by atoms with van der Waals surface area (Å²) in [5.74, 6) is 6.85. The Morgan fingerprint density at radius 1 is 1.21 bits per heavy atom. The molecule has 0 aliphatic heterocycles. The predicted octanol–water partition coefficient (Wildman–Crippen LogP) is 1.70. The summed E-state index contributed by atoms with van der Waals surface area (Å²) in [5, 5.41) is 24.6. The number of aliphatic hydroxyl groups is 1. The number of aryl methyl sites for hydroxylation is 1. The van der Waals surface area contributed by atoms with Crippen molar-refractivity contribution in [2.45, 2.75) is 57.5 Å². The van der Waals surface area contributed by atoms with Crippen molar-refractivity contribution in [3.8, 4) is 11.5 Å². The molecule has 2 fully saturated rings. The number of methoxy groups -OCH3 is 1. The quantitative estimate of drug-likeness (QED) is 0.539. The molecule has 28 heavy (non-hydrogen) atoms. The van der Waals surface area contributed by atoms with Gasteiger partial charge in [-0.25, -0.2) is 5.14 Å². The molecular formula is C19H30N2O6S. The van der Waals surface area contributed by atoms with E-state index in [0.29, 0.717) is 23.5 Å². The molecule has 0 amide bonds. The first-order valence-electron chi connectivity index (χ1n) is 9.59. The van der Waals surface area contributed by atoms with Crippen LogP contribution >= 0.6 is 0 Å². The lowest BCUT2D eigenvalue weighted by Crippen LogP contribution is -2.43. The highest BCUT2D eigenvalue weighted by Gasteiger charge is 2.54. The molecule has 5 atom stereocenters. The first-order chi connectivity index (χ1) is 13.1. The highest BCUT2D eigenvalue weighted by Crippen LogP contribution is 2.61. The molecular weight excluding hydrogens is 384 g/mol. The van der Waals surface area contributed by atoms with Crippen molar-refractivity contribution in [3.05, 3.63) is 23.3 Å². The van der Waals surface area contributed by atoms with Crippen LogP contribution in [0.25, 0.3) is 0 Å². The number of hydrogen-bond donors (Lipinski definition) is 4. The van der Waals surface area contributed by atoms with Crippen molar-refractivity contribution in [1.82, 2.24) is 0 Å². The fourth-order valence-electron chi connectivity index (χ4n) is 5.72. The summed E-state index contributed by atoms with van der Waals surface area (Å²) in [6.45, 7) is 2.30. The lowest BCUT2D eigenvalue weighted by molar-refractivity contribution is -0.0226. The van der Waals surface area contributed by atoms with Crippen LogP contribution in [0.3, 0.4) is 0 Å². The highest BCUT2D eigenvalue weighted by molar-refractivity contribution is 7.84. The summed E-state index contributed by atoms with van der Waals surface area (Å²) in [7, 11) is -2.27. The molecule has 9 heteroatoms. The van der Waals surface area contributed by atoms with Crippen LogP contribution in [0.1, 0.15) is 56.1 Å². The molecule has 8 nitrogen and oxygen atoms in total. The molecule has 1 unspecified atom stereocenters. The molecule has 0 radical (unpaired) electrons. The molecule has 0 bridgehead atoms. The number of ether oxygens (including phenoxy) is 1. The molecule has 0 spiro atoms. The molecule has 4 rings (SSSR count). The number of benzene rings is 1. The van der Waals surface area contributed by atoms with Gasteiger partial charge in [0.25, 0.3) is 0 Å². The van der Waals surface area contributed by atoms with Gasteiger partial charge in [-0.05, 0) is 85.0 Å². The van der Waals surface area contributed by atoms with Gasteiger partial charge in [0, 0.05) is 0 Å². The van der Waals surface area contributed by atoms with E-state index >= 15 is 0 Å². The van der Waals surface area contributed by atoms with Gasteiger partial charge < -0.3 is 14.9 Å². The van der Waals surface area contributed by atoms with Crippen molar-refractivity contribution in [2.75, 3.05) is 7.11 Å². The minimum Gasteiger partial charge on any atom is -0.504 e. The zero-order valence-electron chi connectivity index (χ0n) is 16.3. The SMILES string of the molecule is COc1cc2c(cc1O)CC[C@@H]1[C@@H]2CC[C@]2(C)C(O)CC[C@@H]12.NOS(N)(=O)=O. The molecule has 6 N–H and O–H groups in total. The van der Waals surface area contributed by atoms with Crippen LogP contribution in [0.5, 0.6) is 11.5 Å². The second-order valence-electron chi connectivity index (χ2n) is 8.37. The van der Waals surface area contributed by atoms with Crippen LogP contribution in [-0.2, 0) is 21.0 Å². The van der Waals surface area contributed by atoms with Crippen LogP contribution in [0.4, 0.5) is 0 Å². The Balaban J connectivity index is 0.000000330. The monoisotopic (exact) mass is 414 g/mol. The standard InChI is InChI=1S/C19H26O3.H4N2O3S/c1-19-8-7-12-13(15(19)5-6-18(19)21)4-3-11-9-16(20)17(22-2)10-14(11)12;1-5-6(2,3)4/h9-10,12-13,15,18,20-21H,3-8H2,1-2H3;1H2,(H2,2,3,4)/t12-,13+,15-,18?,19-;/m0./s1. The maximum absolute atomic E-state index is 10.4. The number of phenols is 1. The number of aliphatic hydroxyl groups excluding tert-OH is 1. The largest absolute Gasteiger partial charge is 0.504 e. The summed E-state index contributed by atoms with van der Waals surface area (Å²) in [6.07, 6.45) is 6.51. The molecule has 0 heterocycles. The number of rotatable bonds is 2. The minimum atomic E-state index is -3.88. The lowest BCUT2D eigenvalue weighted by atomic mass is 9.55. The van der Waals surface area contributed by atoms with Gasteiger partial charge in [-0.3, -0.25) is 0 Å². The van der Waals surface area contributed by atoms with Crippen LogP contribution < -0.4 is 15.8 Å². The number of fused-ring (bicyclic) bond motifs is 5. The third-order valence-electron chi connectivity index (χ3n) is 7.11. The van der Waals surface area contributed by atoms with E-state index in [0.717, 1.165) is 25.7 Å². The zero-order chi connectivity index (χ0) is 20.7. The van der Waals surface area contributed by atoms with E-state index in [1.165, 1.54) is 24.0 Å². The second-order valence-corrected chi connectivity index (χ2v) is 9.54. The second kappa shape index (κ2) is 7.79. The fraction of sp³-hybridized carbons (Fsp3) is 0.684. The average molecular weight is 415 g/mol. The van der Waals surface area contributed by atoms with Gasteiger partial charge in [0.15, 0.2) is 11.5 Å². The summed E-state index contributed by atoms with van der Waals surface area (Å²) >= 11 is 0. The number of phenolic OH excluding ortho intramolecular Hbond substituents is 1. The van der Waals surface area contributed by atoms with Crippen molar-refractivity contribution in [1.29, 1.82) is 0 Å². The minimum absolute atomic E-state index is 0.116. The normalized spacial score (nSPS) is 33.8. The Bertz CT molecular complexity index is 830. The van der Waals surface area contributed by atoms with E-state index in [4.69, 9.17) is 4.74 Å². The molecule has 3 aliphatic rings. The van der Waals surface area contributed by atoms with Crippen LogP contribution in [0.2, 0.25) is 0 Å². The van der Waals surface area contributed by atoms with Crippen LogP contribution in [0.15, 0.2) is 12.1 Å². The Labute approximate surface area is 166 Å². The van der Waals surface area contributed by atoms with Crippen LogP contribution in [0, 0.1) is 17.3 Å². The lowest BCUT2D eigenvalue weighted by Gasteiger charge is -2.50. The van der Waals surface area contributed by atoms with Gasteiger partial charge in [0.1, 0.15) is 0 Å². The predicted molar refractivity (Wildman–Crippen MR) is 104 cm³/mol. The van der Waals surface area contributed by atoms with Gasteiger partial charge >= 0.3 is 10.3 Å². The van der Waals surface area contributed by atoms with Crippen molar-refractivity contribution >= 4 is 10.3 Å². The molecule has 0 aromatic heterocycles. The van der Waals surface area contributed by atoms with Gasteiger partial charge in [-0.2, -0.15) is 18.6 Å². The van der Waals surface area contributed by atoms with E-state index in [2.05, 4.69) is 28.3 Å². The third-order valence-corrected chi connectivity index (χ3v) is 7.38.